The SMILES string of the molecule is CCCCC(CS)(CCC)C(C)C. The minimum Gasteiger partial charge on any atom is -0.179 e. The lowest BCUT2D eigenvalue weighted by Gasteiger charge is -2.36. The highest BCUT2D eigenvalue weighted by atomic mass is 32.1. The molecule has 0 saturated heterocycles. The molecule has 0 radical (unpaired) electrons. The van der Waals surface area contributed by atoms with Crippen LogP contribution in [0.25, 0.3) is 0 Å². The van der Waals surface area contributed by atoms with Crippen molar-refractivity contribution in [3.05, 3.63) is 0 Å². The Labute approximate surface area is 89.9 Å². The molecule has 0 spiro atoms. The van der Waals surface area contributed by atoms with Crippen molar-refractivity contribution in [1.82, 2.24) is 0 Å². The summed E-state index contributed by atoms with van der Waals surface area (Å²) in [5, 5.41) is 0. The molecule has 1 unspecified atom stereocenters. The van der Waals surface area contributed by atoms with Crippen molar-refractivity contribution < 1.29 is 0 Å². The highest BCUT2D eigenvalue weighted by Gasteiger charge is 2.30. The van der Waals surface area contributed by atoms with Crippen LogP contribution in [0.1, 0.15) is 59.8 Å². The van der Waals surface area contributed by atoms with E-state index in [1.807, 2.05) is 0 Å². The fourth-order valence-electron chi connectivity index (χ4n) is 2.07. The van der Waals surface area contributed by atoms with Gasteiger partial charge >= 0.3 is 0 Å². The van der Waals surface area contributed by atoms with E-state index in [9.17, 15) is 0 Å². The predicted molar refractivity (Wildman–Crippen MR) is 65.6 cm³/mol. The Morgan fingerprint density at radius 2 is 1.69 bits per heavy atom. The van der Waals surface area contributed by atoms with Gasteiger partial charge in [0.1, 0.15) is 0 Å². The van der Waals surface area contributed by atoms with Crippen LogP contribution in [-0.2, 0) is 0 Å². The molecule has 0 nitrogen and oxygen atoms in total. The van der Waals surface area contributed by atoms with Crippen molar-refractivity contribution in [2.75, 3.05) is 5.75 Å². The molecule has 80 valence electrons. The quantitative estimate of drug-likeness (QED) is 0.575. The maximum absolute atomic E-state index is 4.55. The van der Waals surface area contributed by atoms with E-state index in [1.54, 1.807) is 0 Å². The lowest BCUT2D eigenvalue weighted by molar-refractivity contribution is 0.182. The molecule has 0 N–H and O–H groups in total. The summed E-state index contributed by atoms with van der Waals surface area (Å²) in [6.07, 6.45) is 6.67. The second kappa shape index (κ2) is 6.75. The Morgan fingerprint density at radius 3 is 2.00 bits per heavy atom. The first-order valence-corrected chi connectivity index (χ1v) is 6.37. The molecule has 0 heterocycles. The molecule has 0 fully saturated rings. The van der Waals surface area contributed by atoms with Crippen LogP contribution in [0.15, 0.2) is 0 Å². The zero-order valence-corrected chi connectivity index (χ0v) is 10.7. The van der Waals surface area contributed by atoms with Gasteiger partial charge in [-0.05, 0) is 29.9 Å². The van der Waals surface area contributed by atoms with E-state index >= 15 is 0 Å². The van der Waals surface area contributed by atoms with E-state index in [2.05, 4.69) is 40.3 Å². The molecular weight excluding hydrogens is 176 g/mol. The molecule has 0 rings (SSSR count). The maximum atomic E-state index is 4.55. The summed E-state index contributed by atoms with van der Waals surface area (Å²) in [6.45, 7) is 9.26. The van der Waals surface area contributed by atoms with Crippen LogP contribution < -0.4 is 0 Å². The highest BCUT2D eigenvalue weighted by Crippen LogP contribution is 2.39. The monoisotopic (exact) mass is 202 g/mol. The molecule has 0 aliphatic heterocycles. The predicted octanol–water partition coefficient (Wildman–Crippen LogP) is 4.55. The largest absolute Gasteiger partial charge is 0.179 e. The average molecular weight is 202 g/mol. The molecule has 0 aliphatic carbocycles. The number of unbranched alkanes of at least 4 members (excludes halogenated alkanes) is 1. The third-order valence-electron chi connectivity index (χ3n) is 3.32. The molecule has 1 heteroatoms. The van der Waals surface area contributed by atoms with Crippen molar-refractivity contribution in [3.8, 4) is 0 Å². The zero-order valence-electron chi connectivity index (χ0n) is 9.77. The van der Waals surface area contributed by atoms with Crippen LogP contribution in [0, 0.1) is 11.3 Å². The van der Waals surface area contributed by atoms with Gasteiger partial charge in [0.15, 0.2) is 0 Å². The van der Waals surface area contributed by atoms with Gasteiger partial charge in [-0.2, -0.15) is 12.6 Å². The summed E-state index contributed by atoms with van der Waals surface area (Å²) in [7, 11) is 0. The van der Waals surface area contributed by atoms with Gasteiger partial charge in [-0.1, -0.05) is 47.0 Å². The Morgan fingerprint density at radius 1 is 1.08 bits per heavy atom. The van der Waals surface area contributed by atoms with Gasteiger partial charge in [-0.15, -0.1) is 0 Å². The van der Waals surface area contributed by atoms with Crippen molar-refractivity contribution in [2.45, 2.75) is 59.8 Å². The van der Waals surface area contributed by atoms with Crippen molar-refractivity contribution >= 4 is 12.6 Å². The lowest BCUT2D eigenvalue weighted by atomic mass is 9.72. The topological polar surface area (TPSA) is 0 Å². The van der Waals surface area contributed by atoms with Crippen molar-refractivity contribution in [1.29, 1.82) is 0 Å². The van der Waals surface area contributed by atoms with Crippen LogP contribution in [0.4, 0.5) is 0 Å². The second-order valence-corrected chi connectivity index (χ2v) is 4.84. The Bertz CT molecular complexity index is 120. The first kappa shape index (κ1) is 13.4. The van der Waals surface area contributed by atoms with E-state index in [0.717, 1.165) is 11.7 Å². The number of hydrogen-bond donors (Lipinski definition) is 1. The van der Waals surface area contributed by atoms with Crippen LogP contribution in [0.5, 0.6) is 0 Å². The Hall–Kier alpha value is 0.350. The summed E-state index contributed by atoms with van der Waals surface area (Å²) in [4.78, 5) is 0. The molecule has 0 saturated carbocycles. The number of hydrogen-bond acceptors (Lipinski definition) is 1. The molecule has 0 aromatic heterocycles. The third kappa shape index (κ3) is 3.93. The van der Waals surface area contributed by atoms with Gasteiger partial charge in [-0.3, -0.25) is 0 Å². The third-order valence-corrected chi connectivity index (χ3v) is 3.95. The van der Waals surface area contributed by atoms with Gasteiger partial charge in [0.05, 0.1) is 0 Å². The first-order chi connectivity index (χ1) is 6.13. The van der Waals surface area contributed by atoms with Gasteiger partial charge in [-0.25, -0.2) is 0 Å². The molecule has 0 amide bonds. The normalized spacial score (nSPS) is 16.2. The number of rotatable bonds is 7. The summed E-state index contributed by atoms with van der Waals surface area (Å²) in [6, 6.07) is 0. The Kier molecular flexibility index (Phi) is 6.93. The van der Waals surface area contributed by atoms with Gasteiger partial charge in [0.25, 0.3) is 0 Å². The summed E-state index contributed by atoms with van der Waals surface area (Å²) in [5.41, 5.74) is 0.508. The molecular formula is C12H26S. The van der Waals surface area contributed by atoms with Gasteiger partial charge < -0.3 is 0 Å². The molecule has 13 heavy (non-hydrogen) atoms. The molecule has 1 atom stereocenters. The lowest BCUT2D eigenvalue weighted by Crippen LogP contribution is -2.29. The smallest absolute Gasteiger partial charge is 0.00387 e. The molecule has 0 aliphatic rings. The zero-order chi connectivity index (χ0) is 10.3. The van der Waals surface area contributed by atoms with E-state index < -0.39 is 0 Å². The standard InChI is InChI=1S/C12H26S/c1-5-7-9-12(10-13,8-6-2)11(3)4/h11,13H,5-10H2,1-4H3. The minimum absolute atomic E-state index is 0.508. The fourth-order valence-corrected chi connectivity index (χ4v) is 2.75. The molecule has 0 bridgehead atoms. The van der Waals surface area contributed by atoms with Gasteiger partial charge in [0, 0.05) is 0 Å². The first-order valence-electron chi connectivity index (χ1n) is 5.73. The minimum atomic E-state index is 0.508. The summed E-state index contributed by atoms with van der Waals surface area (Å²) < 4.78 is 0. The molecule has 0 aromatic carbocycles. The highest BCUT2D eigenvalue weighted by molar-refractivity contribution is 7.80. The van der Waals surface area contributed by atoms with Crippen LogP contribution in [0.3, 0.4) is 0 Å². The van der Waals surface area contributed by atoms with Crippen molar-refractivity contribution in [3.63, 3.8) is 0 Å². The summed E-state index contributed by atoms with van der Waals surface area (Å²) in [5.74, 6) is 1.83. The second-order valence-electron chi connectivity index (χ2n) is 4.53. The van der Waals surface area contributed by atoms with E-state index in [4.69, 9.17) is 0 Å². The van der Waals surface area contributed by atoms with Gasteiger partial charge in [0.2, 0.25) is 0 Å². The van der Waals surface area contributed by atoms with Crippen LogP contribution in [0.2, 0.25) is 0 Å². The maximum Gasteiger partial charge on any atom is -0.00387 e. The van der Waals surface area contributed by atoms with E-state index in [0.29, 0.717) is 5.41 Å². The van der Waals surface area contributed by atoms with Crippen LogP contribution in [-0.4, -0.2) is 5.75 Å². The molecule has 0 aromatic rings. The summed E-state index contributed by atoms with van der Waals surface area (Å²) >= 11 is 4.55. The van der Waals surface area contributed by atoms with E-state index in [1.165, 1.54) is 32.1 Å². The van der Waals surface area contributed by atoms with E-state index in [-0.39, 0.29) is 0 Å². The van der Waals surface area contributed by atoms with Crippen molar-refractivity contribution in [2.24, 2.45) is 11.3 Å². The van der Waals surface area contributed by atoms with Crippen LogP contribution >= 0.6 is 12.6 Å². The average Bonchev–Trinajstić information content (AvgIpc) is 2.12. The fraction of sp³-hybridized carbons (Fsp3) is 1.00. The number of thiol groups is 1. The Balaban J connectivity index is 4.26.